The maximum Gasteiger partial charge on any atom is 0.282 e. The van der Waals surface area contributed by atoms with E-state index < -0.39 is 35.7 Å². The summed E-state index contributed by atoms with van der Waals surface area (Å²) >= 11 is 0. The summed E-state index contributed by atoms with van der Waals surface area (Å²) in [5.74, 6) is -0.254. The molecule has 48 heavy (non-hydrogen) atoms. The van der Waals surface area contributed by atoms with Gasteiger partial charge in [0.25, 0.3) is 5.91 Å². The highest BCUT2D eigenvalue weighted by atomic mass is 16.7. The number of rotatable bonds is 11. The number of carbonyl (C=O) groups is 2. The maximum absolute atomic E-state index is 14.0. The average Bonchev–Trinajstić information content (AvgIpc) is 3.60. The van der Waals surface area contributed by atoms with Crippen molar-refractivity contribution in [1.29, 1.82) is 0 Å². The van der Waals surface area contributed by atoms with Crippen LogP contribution in [0.4, 0.5) is 0 Å². The van der Waals surface area contributed by atoms with Crippen molar-refractivity contribution in [2.75, 3.05) is 13.1 Å². The molecule has 4 N–H and O–H groups in total. The molecule has 1 fully saturated rings. The predicted molar refractivity (Wildman–Crippen MR) is 187 cm³/mol. The van der Waals surface area contributed by atoms with Crippen LogP contribution in [0.3, 0.4) is 0 Å². The Morgan fingerprint density at radius 1 is 0.938 bits per heavy atom. The van der Waals surface area contributed by atoms with Gasteiger partial charge in [0.15, 0.2) is 5.75 Å². The van der Waals surface area contributed by atoms with Crippen molar-refractivity contribution in [3.63, 3.8) is 0 Å². The Labute approximate surface area is 283 Å². The van der Waals surface area contributed by atoms with Gasteiger partial charge in [-0.15, -0.1) is 4.65 Å². The molecule has 8 heteroatoms. The zero-order chi connectivity index (χ0) is 33.9. The first-order valence-electron chi connectivity index (χ1n) is 17.2. The van der Waals surface area contributed by atoms with Gasteiger partial charge in [-0.1, -0.05) is 91.0 Å². The smallest absolute Gasteiger partial charge is 0.282 e. The number of aliphatic hydroxyl groups excluding tert-OH is 2. The monoisotopic (exact) mass is 650 g/mol. The van der Waals surface area contributed by atoms with Crippen LogP contribution in [0.2, 0.25) is 0 Å². The molecule has 1 saturated heterocycles. The zero-order valence-corrected chi connectivity index (χ0v) is 28.1. The minimum Gasteiger partial charge on any atom is -0.390 e. The summed E-state index contributed by atoms with van der Waals surface area (Å²) in [6.45, 7) is 6.56. The van der Waals surface area contributed by atoms with E-state index >= 15 is 0 Å². The lowest BCUT2D eigenvalue weighted by Crippen LogP contribution is -2.63. The fraction of sp³-hybridized carbons (Fsp3) is 0.400. The number of hydroxylamine groups is 3. The molecule has 252 valence electrons. The average molecular weight is 651 g/mol. The van der Waals surface area contributed by atoms with E-state index in [2.05, 4.69) is 10.6 Å². The van der Waals surface area contributed by atoms with Crippen molar-refractivity contribution in [3.05, 3.63) is 114 Å². The molecule has 0 aromatic heterocycles. The van der Waals surface area contributed by atoms with Gasteiger partial charge in [0.05, 0.1) is 12.1 Å². The first-order chi connectivity index (χ1) is 23.0. The summed E-state index contributed by atoms with van der Waals surface area (Å²) in [5, 5.41) is 31.0. The summed E-state index contributed by atoms with van der Waals surface area (Å²) < 4.78 is -0.0640. The molecule has 4 aromatic rings. The molecule has 1 aliphatic carbocycles. The predicted octanol–water partition coefficient (Wildman–Crippen LogP) is 5.41. The highest BCUT2D eigenvalue weighted by Crippen LogP contribution is 2.36. The van der Waals surface area contributed by atoms with Crippen LogP contribution in [0, 0.1) is 5.92 Å². The second-order valence-corrected chi connectivity index (χ2v) is 14.6. The molecular formula is C40H48N3O5+. The Bertz CT molecular complexity index is 1730. The highest BCUT2D eigenvalue weighted by Gasteiger charge is 2.52. The van der Waals surface area contributed by atoms with E-state index in [4.69, 9.17) is 4.84 Å². The highest BCUT2D eigenvalue weighted by molar-refractivity contribution is 5.88. The van der Waals surface area contributed by atoms with Crippen LogP contribution in [0.1, 0.15) is 62.8 Å². The summed E-state index contributed by atoms with van der Waals surface area (Å²) in [6.07, 6.45) is 0.769. The number of benzene rings is 4. The molecule has 4 aromatic carbocycles. The van der Waals surface area contributed by atoms with E-state index in [1.807, 2.05) is 118 Å². The number of hydrogen-bond acceptors (Lipinski definition) is 5. The Kier molecular flexibility index (Phi) is 9.88. The Balaban J connectivity index is 1.28. The van der Waals surface area contributed by atoms with E-state index in [0.29, 0.717) is 31.6 Å². The normalized spacial score (nSPS) is 23.3. The number of nitrogens with one attached hydrogen (secondary N) is 2. The number of nitrogens with zero attached hydrogens (tertiary/aromatic N) is 1. The van der Waals surface area contributed by atoms with Gasteiger partial charge >= 0.3 is 0 Å². The maximum atomic E-state index is 14.0. The summed E-state index contributed by atoms with van der Waals surface area (Å²) in [7, 11) is 0. The summed E-state index contributed by atoms with van der Waals surface area (Å²) in [5.41, 5.74) is 2.50. The zero-order valence-electron chi connectivity index (χ0n) is 28.1. The molecule has 6 atom stereocenters. The lowest BCUT2D eigenvalue weighted by molar-refractivity contribution is -1.08. The second-order valence-electron chi connectivity index (χ2n) is 14.6. The molecule has 0 bridgehead atoms. The van der Waals surface area contributed by atoms with Crippen LogP contribution < -0.4 is 15.5 Å². The van der Waals surface area contributed by atoms with Crippen LogP contribution in [0.5, 0.6) is 5.75 Å². The molecular weight excluding hydrogens is 602 g/mol. The molecule has 2 amide bonds. The number of aliphatic hydroxyl groups is 2. The standard InChI is InChI=1S/C40H47N3O5/c1-40(2,3)42-39(47)34-20-12-22-43(34,48-36-21-11-17-28-15-7-9-18-32(28)36)26-31(44)24-30(23-27-13-5-4-6-14-27)38(46)41-37-33-19-10-8-16-29(33)25-35(37)45/h4-11,13-19,21,30-31,34-35,37,44-45H,12,20,22-26H2,1-3H3,(H-,41,42,46,47)/p+1/t30-,31+,34?,35-,37+,43?/m1/s1. The summed E-state index contributed by atoms with van der Waals surface area (Å²) in [4.78, 5) is 34.8. The van der Waals surface area contributed by atoms with Crippen LogP contribution in [0.15, 0.2) is 97.1 Å². The first kappa shape index (κ1) is 33.7. The fourth-order valence-electron chi connectivity index (χ4n) is 7.54. The van der Waals surface area contributed by atoms with Crippen molar-refractivity contribution in [1.82, 2.24) is 10.6 Å². The number of fused-ring (bicyclic) bond motifs is 2. The van der Waals surface area contributed by atoms with Gasteiger partial charge in [0.2, 0.25) is 11.9 Å². The van der Waals surface area contributed by atoms with E-state index in [0.717, 1.165) is 33.9 Å². The van der Waals surface area contributed by atoms with Crippen molar-refractivity contribution < 1.29 is 29.3 Å². The molecule has 1 aliphatic heterocycles. The van der Waals surface area contributed by atoms with E-state index in [1.165, 1.54) is 0 Å². The van der Waals surface area contributed by atoms with Gasteiger partial charge < -0.3 is 25.7 Å². The van der Waals surface area contributed by atoms with Gasteiger partial charge in [0.1, 0.15) is 19.2 Å². The van der Waals surface area contributed by atoms with E-state index in [9.17, 15) is 19.8 Å². The molecule has 6 rings (SSSR count). The number of amides is 2. The van der Waals surface area contributed by atoms with Crippen LogP contribution >= 0.6 is 0 Å². The SMILES string of the molecule is CC(C)(C)NC(=O)C1CCC[N+]1(C[C@@H](O)C[C@@H](Cc1ccccc1)C(=O)N[C@H]1c2ccccc2C[C@H]1O)Oc1cccc2ccccc12. The van der Waals surface area contributed by atoms with E-state index in [1.54, 1.807) is 0 Å². The largest absolute Gasteiger partial charge is 0.390 e. The molecule has 2 aliphatic rings. The molecule has 0 spiro atoms. The second kappa shape index (κ2) is 14.1. The van der Waals surface area contributed by atoms with Crippen molar-refractivity contribution >= 4 is 22.6 Å². The lowest BCUT2D eigenvalue weighted by Gasteiger charge is -2.39. The van der Waals surface area contributed by atoms with Crippen LogP contribution in [0.25, 0.3) is 10.8 Å². The molecule has 1 heterocycles. The number of quaternary nitrogens is 1. The third kappa shape index (κ3) is 7.57. The lowest BCUT2D eigenvalue weighted by atomic mass is 9.91. The Hall–Kier alpha value is -4.24. The van der Waals surface area contributed by atoms with Gasteiger partial charge in [-0.25, -0.2) is 0 Å². The molecule has 0 saturated carbocycles. The molecule has 2 unspecified atom stereocenters. The quantitative estimate of drug-likeness (QED) is 0.163. The van der Waals surface area contributed by atoms with Crippen molar-refractivity contribution in [2.24, 2.45) is 5.92 Å². The summed E-state index contributed by atoms with van der Waals surface area (Å²) in [6, 6.07) is 30.4. The van der Waals surface area contributed by atoms with Gasteiger partial charge in [0, 0.05) is 36.1 Å². The Morgan fingerprint density at radius 2 is 1.65 bits per heavy atom. The van der Waals surface area contributed by atoms with Gasteiger partial charge in [-0.2, -0.15) is 0 Å². The van der Waals surface area contributed by atoms with Crippen LogP contribution in [-0.4, -0.2) is 63.6 Å². The van der Waals surface area contributed by atoms with Crippen molar-refractivity contribution in [2.45, 2.75) is 82.7 Å². The number of likely N-dealkylation sites (tertiary alicyclic amines) is 1. The molecule has 8 nitrogen and oxygen atoms in total. The minimum absolute atomic E-state index is 0.0640. The van der Waals surface area contributed by atoms with Crippen molar-refractivity contribution in [3.8, 4) is 5.75 Å². The minimum atomic E-state index is -0.955. The van der Waals surface area contributed by atoms with Gasteiger partial charge in [-0.05, 0) is 61.8 Å². The topological polar surface area (TPSA) is 108 Å². The van der Waals surface area contributed by atoms with Gasteiger partial charge in [-0.3, -0.25) is 9.59 Å². The van der Waals surface area contributed by atoms with Crippen LogP contribution in [-0.2, 0) is 22.4 Å². The number of hydrogen-bond donors (Lipinski definition) is 4. The first-order valence-corrected chi connectivity index (χ1v) is 17.2. The third-order valence-electron chi connectivity index (χ3n) is 9.69. The molecule has 0 radical (unpaired) electrons. The fourth-order valence-corrected chi connectivity index (χ4v) is 7.54. The number of carbonyl (C=O) groups excluding carboxylic acids is 2. The van der Waals surface area contributed by atoms with E-state index in [-0.39, 0.29) is 29.4 Å². The third-order valence-corrected chi connectivity index (χ3v) is 9.69. The Morgan fingerprint density at radius 3 is 2.44 bits per heavy atom.